The smallest absolute Gasteiger partial charge is 0.146 e. The van der Waals surface area contributed by atoms with Crippen LogP contribution in [0.1, 0.15) is 5.56 Å². The molecule has 94 valence electrons. The molecule has 0 unspecified atom stereocenters. The van der Waals surface area contributed by atoms with Crippen LogP contribution in [0.3, 0.4) is 0 Å². The molecule has 0 fully saturated rings. The van der Waals surface area contributed by atoms with E-state index in [0.717, 1.165) is 21.1 Å². The fourth-order valence-electron chi connectivity index (χ4n) is 1.53. The molecule has 1 heterocycles. The van der Waals surface area contributed by atoms with Gasteiger partial charge in [0.2, 0.25) is 0 Å². The van der Waals surface area contributed by atoms with Crippen molar-refractivity contribution in [2.45, 2.75) is 6.42 Å². The van der Waals surface area contributed by atoms with Crippen LogP contribution in [0.5, 0.6) is 11.5 Å². The minimum atomic E-state index is 0.633. The van der Waals surface area contributed by atoms with Crippen molar-refractivity contribution >= 4 is 31.9 Å². The first-order valence-corrected chi connectivity index (χ1v) is 7.04. The van der Waals surface area contributed by atoms with Crippen molar-refractivity contribution in [2.75, 3.05) is 6.54 Å². The van der Waals surface area contributed by atoms with E-state index in [2.05, 4.69) is 36.8 Å². The van der Waals surface area contributed by atoms with Crippen LogP contribution in [0.2, 0.25) is 0 Å². The van der Waals surface area contributed by atoms with Gasteiger partial charge in [-0.3, -0.25) is 4.98 Å². The molecule has 1 aromatic heterocycles. The van der Waals surface area contributed by atoms with Gasteiger partial charge in [-0.2, -0.15) is 0 Å². The Kier molecular flexibility index (Phi) is 4.74. The van der Waals surface area contributed by atoms with Gasteiger partial charge in [0.05, 0.1) is 6.20 Å². The molecule has 18 heavy (non-hydrogen) atoms. The summed E-state index contributed by atoms with van der Waals surface area (Å²) in [4.78, 5) is 4.05. The number of ether oxygens (including phenoxy) is 1. The molecule has 0 aliphatic heterocycles. The average molecular weight is 372 g/mol. The van der Waals surface area contributed by atoms with Crippen LogP contribution in [0.25, 0.3) is 0 Å². The predicted molar refractivity (Wildman–Crippen MR) is 78.9 cm³/mol. The van der Waals surface area contributed by atoms with Crippen LogP contribution in [0, 0.1) is 0 Å². The van der Waals surface area contributed by atoms with Gasteiger partial charge in [-0.05, 0) is 52.7 Å². The van der Waals surface area contributed by atoms with Crippen molar-refractivity contribution in [1.29, 1.82) is 0 Å². The minimum Gasteiger partial charge on any atom is -0.456 e. The summed E-state index contributed by atoms with van der Waals surface area (Å²) in [6.07, 6.45) is 4.24. The van der Waals surface area contributed by atoms with Gasteiger partial charge in [-0.1, -0.05) is 22.0 Å². The second kappa shape index (κ2) is 6.31. The highest BCUT2D eigenvalue weighted by Crippen LogP contribution is 2.28. The maximum Gasteiger partial charge on any atom is 0.146 e. The zero-order valence-corrected chi connectivity index (χ0v) is 12.7. The van der Waals surface area contributed by atoms with Crippen LogP contribution < -0.4 is 10.5 Å². The number of rotatable bonds is 4. The van der Waals surface area contributed by atoms with Crippen molar-refractivity contribution in [3.05, 3.63) is 51.2 Å². The monoisotopic (exact) mass is 370 g/mol. The third-order valence-corrected chi connectivity index (χ3v) is 3.53. The average Bonchev–Trinajstić information content (AvgIpc) is 2.33. The lowest BCUT2D eigenvalue weighted by Crippen LogP contribution is -2.03. The summed E-state index contributed by atoms with van der Waals surface area (Å²) in [6, 6.07) is 7.74. The Morgan fingerprint density at radius 2 is 1.94 bits per heavy atom. The number of pyridine rings is 1. The molecule has 0 aliphatic carbocycles. The third-order valence-electron chi connectivity index (χ3n) is 2.35. The second-order valence-corrected chi connectivity index (χ2v) is 5.50. The standard InChI is InChI=1S/C13H12Br2N2O/c14-10-5-12(8-17-7-10)18-11-2-1-9(3-4-16)13(15)6-11/h1-2,5-8H,3-4,16H2. The Bertz CT molecular complexity index is 546. The Morgan fingerprint density at radius 1 is 1.11 bits per heavy atom. The van der Waals surface area contributed by atoms with E-state index < -0.39 is 0 Å². The largest absolute Gasteiger partial charge is 0.456 e. The first kappa shape index (κ1) is 13.5. The molecular weight excluding hydrogens is 360 g/mol. The summed E-state index contributed by atoms with van der Waals surface area (Å²) >= 11 is 6.87. The summed E-state index contributed by atoms with van der Waals surface area (Å²) in [5.74, 6) is 1.46. The number of hydrogen-bond acceptors (Lipinski definition) is 3. The van der Waals surface area contributed by atoms with Crippen molar-refractivity contribution in [3.63, 3.8) is 0 Å². The number of aromatic nitrogens is 1. The Morgan fingerprint density at radius 3 is 2.61 bits per heavy atom. The molecule has 0 spiro atoms. The lowest BCUT2D eigenvalue weighted by atomic mass is 10.1. The molecule has 0 amide bonds. The minimum absolute atomic E-state index is 0.633. The highest BCUT2D eigenvalue weighted by molar-refractivity contribution is 9.10. The number of nitrogens with two attached hydrogens (primary N) is 1. The first-order valence-electron chi connectivity index (χ1n) is 5.46. The number of halogens is 2. The Labute approximate surface area is 123 Å². The second-order valence-electron chi connectivity index (χ2n) is 3.73. The van der Waals surface area contributed by atoms with Gasteiger partial charge in [0.25, 0.3) is 0 Å². The van der Waals surface area contributed by atoms with Gasteiger partial charge >= 0.3 is 0 Å². The zero-order chi connectivity index (χ0) is 13.0. The highest BCUT2D eigenvalue weighted by atomic mass is 79.9. The lowest BCUT2D eigenvalue weighted by molar-refractivity contribution is 0.479. The van der Waals surface area contributed by atoms with Crippen LogP contribution in [0.15, 0.2) is 45.6 Å². The summed E-state index contributed by atoms with van der Waals surface area (Å²) in [5.41, 5.74) is 6.72. The lowest BCUT2D eigenvalue weighted by Gasteiger charge is -2.08. The fourth-order valence-corrected chi connectivity index (χ4v) is 2.43. The molecule has 0 aliphatic rings. The van der Waals surface area contributed by atoms with Crippen molar-refractivity contribution in [2.24, 2.45) is 5.73 Å². The van der Waals surface area contributed by atoms with Crippen LogP contribution in [-0.2, 0) is 6.42 Å². The summed E-state index contributed by atoms with van der Waals surface area (Å²) < 4.78 is 7.61. The van der Waals surface area contributed by atoms with E-state index in [0.29, 0.717) is 12.3 Å². The van der Waals surface area contributed by atoms with E-state index in [1.165, 1.54) is 5.56 Å². The maximum absolute atomic E-state index is 5.72. The van der Waals surface area contributed by atoms with E-state index >= 15 is 0 Å². The normalized spacial score (nSPS) is 10.4. The molecule has 0 saturated heterocycles. The van der Waals surface area contributed by atoms with Gasteiger partial charge in [0.15, 0.2) is 0 Å². The molecule has 5 heteroatoms. The van der Waals surface area contributed by atoms with Gasteiger partial charge < -0.3 is 10.5 Å². The van der Waals surface area contributed by atoms with Crippen molar-refractivity contribution in [1.82, 2.24) is 4.98 Å². The number of benzene rings is 1. The van der Waals surface area contributed by atoms with E-state index in [1.807, 2.05) is 24.3 Å². The zero-order valence-electron chi connectivity index (χ0n) is 9.57. The Balaban J connectivity index is 2.17. The molecule has 0 atom stereocenters. The van der Waals surface area contributed by atoms with Crippen LogP contribution in [-0.4, -0.2) is 11.5 Å². The van der Waals surface area contributed by atoms with E-state index in [4.69, 9.17) is 10.5 Å². The molecule has 0 bridgehead atoms. The number of hydrogen-bond donors (Lipinski definition) is 1. The van der Waals surface area contributed by atoms with Gasteiger partial charge in [-0.25, -0.2) is 0 Å². The SMILES string of the molecule is NCCc1ccc(Oc2cncc(Br)c2)cc1Br. The summed E-state index contributed by atoms with van der Waals surface area (Å²) in [6.45, 7) is 0.633. The highest BCUT2D eigenvalue weighted by Gasteiger charge is 2.03. The van der Waals surface area contributed by atoms with E-state index in [1.54, 1.807) is 12.4 Å². The molecule has 2 rings (SSSR count). The first-order chi connectivity index (χ1) is 8.69. The van der Waals surface area contributed by atoms with Crippen molar-refractivity contribution < 1.29 is 4.74 Å². The molecule has 0 radical (unpaired) electrons. The van der Waals surface area contributed by atoms with Gasteiger partial charge in [0, 0.05) is 15.1 Å². The van der Waals surface area contributed by atoms with E-state index in [9.17, 15) is 0 Å². The Hall–Kier alpha value is -0.910. The quantitative estimate of drug-likeness (QED) is 0.886. The summed E-state index contributed by atoms with van der Waals surface area (Å²) in [5, 5.41) is 0. The molecule has 3 nitrogen and oxygen atoms in total. The van der Waals surface area contributed by atoms with Crippen LogP contribution >= 0.6 is 31.9 Å². The topological polar surface area (TPSA) is 48.1 Å². The molecule has 0 saturated carbocycles. The fraction of sp³-hybridized carbons (Fsp3) is 0.154. The number of nitrogens with zero attached hydrogens (tertiary/aromatic N) is 1. The molecule has 2 N–H and O–H groups in total. The summed E-state index contributed by atoms with van der Waals surface area (Å²) in [7, 11) is 0. The molecule has 2 aromatic rings. The molecule has 1 aromatic carbocycles. The van der Waals surface area contributed by atoms with Crippen LogP contribution in [0.4, 0.5) is 0 Å². The molecular formula is C13H12Br2N2O. The van der Waals surface area contributed by atoms with Gasteiger partial charge in [-0.15, -0.1) is 0 Å². The van der Waals surface area contributed by atoms with Gasteiger partial charge in [0.1, 0.15) is 11.5 Å². The third kappa shape index (κ3) is 3.54. The van der Waals surface area contributed by atoms with E-state index in [-0.39, 0.29) is 0 Å². The van der Waals surface area contributed by atoms with Crippen molar-refractivity contribution in [3.8, 4) is 11.5 Å². The maximum atomic E-state index is 5.72. The predicted octanol–water partition coefficient (Wildman–Crippen LogP) is 3.90.